The van der Waals surface area contributed by atoms with Gasteiger partial charge in [-0.1, -0.05) is 30.3 Å². The van der Waals surface area contributed by atoms with E-state index in [0.29, 0.717) is 49.3 Å². The summed E-state index contributed by atoms with van der Waals surface area (Å²) in [7, 11) is 0. The van der Waals surface area contributed by atoms with E-state index < -0.39 is 0 Å². The van der Waals surface area contributed by atoms with E-state index in [-0.39, 0.29) is 42.5 Å². The van der Waals surface area contributed by atoms with Gasteiger partial charge in [-0.05, 0) is 43.0 Å². The number of piperidine rings is 1. The molecule has 3 amide bonds. The van der Waals surface area contributed by atoms with Crippen molar-refractivity contribution in [2.24, 2.45) is 11.7 Å². The Morgan fingerprint density at radius 1 is 1.00 bits per heavy atom. The van der Waals surface area contributed by atoms with Gasteiger partial charge in [0.25, 0.3) is 5.91 Å². The quantitative estimate of drug-likeness (QED) is 0.610. The minimum Gasteiger partial charge on any atom is -0.399 e. The number of hydrogen-bond acceptors (Lipinski definition) is 4. The molecule has 0 aliphatic carbocycles. The highest BCUT2D eigenvalue weighted by molar-refractivity contribution is 6.03. The van der Waals surface area contributed by atoms with Crippen molar-refractivity contribution in [3.05, 3.63) is 59.7 Å². The minimum absolute atomic E-state index is 0. The van der Waals surface area contributed by atoms with Crippen molar-refractivity contribution in [1.82, 2.24) is 4.90 Å². The van der Waals surface area contributed by atoms with E-state index in [0.717, 1.165) is 5.56 Å². The molecular weight excluding hydrogens is 404 g/mol. The molecule has 0 atom stereocenters. The Kier molecular flexibility index (Phi) is 8.24. The zero-order chi connectivity index (χ0) is 20.8. The van der Waals surface area contributed by atoms with E-state index in [9.17, 15) is 14.4 Å². The van der Waals surface area contributed by atoms with Crippen LogP contribution in [0.2, 0.25) is 0 Å². The SMILES string of the molecule is Cl.NC(=O)C1CCN(C(=O)c2ccccc2NC(=O)CCc2ccccc2N)CC1. The molecule has 1 heterocycles. The fourth-order valence-corrected chi connectivity index (χ4v) is 3.54. The predicted molar refractivity (Wildman–Crippen MR) is 119 cm³/mol. The van der Waals surface area contributed by atoms with Crippen LogP contribution in [0.15, 0.2) is 48.5 Å². The highest BCUT2D eigenvalue weighted by Gasteiger charge is 2.27. The number of halogens is 1. The molecule has 3 rings (SSSR count). The average Bonchev–Trinajstić information content (AvgIpc) is 2.73. The summed E-state index contributed by atoms with van der Waals surface area (Å²) in [6.45, 7) is 0.948. The minimum atomic E-state index is -0.316. The van der Waals surface area contributed by atoms with Gasteiger partial charge >= 0.3 is 0 Å². The number of carbonyl (C=O) groups is 3. The third kappa shape index (κ3) is 5.73. The second-order valence-corrected chi connectivity index (χ2v) is 7.26. The Morgan fingerprint density at radius 2 is 1.63 bits per heavy atom. The number of nitrogens with two attached hydrogens (primary N) is 2. The Labute approximate surface area is 182 Å². The van der Waals surface area contributed by atoms with Crippen LogP contribution in [0.5, 0.6) is 0 Å². The third-order valence-corrected chi connectivity index (χ3v) is 5.29. The Morgan fingerprint density at radius 3 is 2.30 bits per heavy atom. The first-order chi connectivity index (χ1) is 14.0. The second kappa shape index (κ2) is 10.6. The summed E-state index contributed by atoms with van der Waals surface area (Å²) in [6.07, 6.45) is 1.91. The van der Waals surface area contributed by atoms with Crippen LogP contribution >= 0.6 is 12.4 Å². The van der Waals surface area contributed by atoms with Crippen molar-refractivity contribution in [2.45, 2.75) is 25.7 Å². The molecule has 1 aliphatic heterocycles. The molecule has 0 saturated carbocycles. The zero-order valence-electron chi connectivity index (χ0n) is 16.7. The number of carbonyl (C=O) groups excluding carboxylic acids is 3. The summed E-state index contributed by atoms with van der Waals surface area (Å²) >= 11 is 0. The maximum atomic E-state index is 12.9. The maximum Gasteiger partial charge on any atom is 0.255 e. The van der Waals surface area contributed by atoms with E-state index in [4.69, 9.17) is 11.5 Å². The van der Waals surface area contributed by atoms with Crippen LogP contribution in [-0.4, -0.2) is 35.7 Å². The number of primary amides is 1. The summed E-state index contributed by atoms with van der Waals surface area (Å²) in [5.41, 5.74) is 13.8. The van der Waals surface area contributed by atoms with Crippen molar-refractivity contribution in [1.29, 1.82) is 0 Å². The normalized spacial score (nSPS) is 13.9. The van der Waals surface area contributed by atoms with E-state index >= 15 is 0 Å². The zero-order valence-corrected chi connectivity index (χ0v) is 17.5. The van der Waals surface area contributed by atoms with Gasteiger partial charge in [0.15, 0.2) is 0 Å². The van der Waals surface area contributed by atoms with Crippen molar-refractivity contribution in [2.75, 3.05) is 24.1 Å². The van der Waals surface area contributed by atoms with Crippen molar-refractivity contribution >= 4 is 41.5 Å². The van der Waals surface area contributed by atoms with Crippen molar-refractivity contribution in [3.8, 4) is 0 Å². The molecular formula is C22H27ClN4O3. The van der Waals surface area contributed by atoms with E-state index in [2.05, 4.69) is 5.32 Å². The van der Waals surface area contributed by atoms with Crippen LogP contribution in [0.1, 0.15) is 35.2 Å². The van der Waals surface area contributed by atoms with Gasteiger partial charge in [0.1, 0.15) is 0 Å². The molecule has 1 saturated heterocycles. The molecule has 160 valence electrons. The van der Waals surface area contributed by atoms with Gasteiger partial charge in [0.05, 0.1) is 11.3 Å². The highest BCUT2D eigenvalue weighted by atomic mass is 35.5. The molecule has 0 spiro atoms. The molecule has 30 heavy (non-hydrogen) atoms. The van der Waals surface area contributed by atoms with E-state index in [1.165, 1.54) is 0 Å². The molecule has 1 fully saturated rings. The van der Waals surface area contributed by atoms with Crippen LogP contribution in [0, 0.1) is 5.92 Å². The van der Waals surface area contributed by atoms with Crippen LogP contribution in [0.3, 0.4) is 0 Å². The molecule has 1 aliphatic rings. The van der Waals surface area contributed by atoms with Gasteiger partial charge < -0.3 is 21.7 Å². The summed E-state index contributed by atoms with van der Waals surface area (Å²) in [5, 5.41) is 2.85. The largest absolute Gasteiger partial charge is 0.399 e. The van der Waals surface area contributed by atoms with E-state index in [1.807, 2.05) is 24.3 Å². The molecule has 0 radical (unpaired) electrons. The lowest BCUT2D eigenvalue weighted by Gasteiger charge is -2.31. The van der Waals surface area contributed by atoms with Crippen molar-refractivity contribution < 1.29 is 14.4 Å². The van der Waals surface area contributed by atoms with Crippen LogP contribution in [0.25, 0.3) is 0 Å². The lowest BCUT2D eigenvalue weighted by atomic mass is 9.95. The van der Waals surface area contributed by atoms with Crippen LogP contribution in [0.4, 0.5) is 11.4 Å². The monoisotopic (exact) mass is 430 g/mol. The highest BCUT2D eigenvalue weighted by Crippen LogP contribution is 2.23. The summed E-state index contributed by atoms with van der Waals surface area (Å²) in [6, 6.07) is 14.4. The number of aryl methyl sites for hydroxylation is 1. The summed E-state index contributed by atoms with van der Waals surface area (Å²) in [5.74, 6) is -0.833. The average molecular weight is 431 g/mol. The number of benzene rings is 2. The molecule has 0 bridgehead atoms. The number of rotatable bonds is 6. The first kappa shape index (κ1) is 23.2. The molecule has 0 unspecified atom stereocenters. The number of nitrogens with one attached hydrogen (secondary N) is 1. The van der Waals surface area contributed by atoms with Gasteiger partial charge in [-0.15, -0.1) is 12.4 Å². The lowest BCUT2D eigenvalue weighted by Crippen LogP contribution is -2.42. The lowest BCUT2D eigenvalue weighted by molar-refractivity contribution is -0.123. The van der Waals surface area contributed by atoms with E-state index in [1.54, 1.807) is 29.2 Å². The number of hydrogen-bond donors (Lipinski definition) is 3. The number of nitrogens with zero attached hydrogens (tertiary/aromatic N) is 1. The maximum absolute atomic E-state index is 12.9. The van der Waals surface area contributed by atoms with Gasteiger partial charge in [0.2, 0.25) is 11.8 Å². The Balaban J connectivity index is 0.00000320. The number of nitrogen functional groups attached to an aromatic ring is 1. The first-order valence-electron chi connectivity index (χ1n) is 9.76. The third-order valence-electron chi connectivity index (χ3n) is 5.29. The van der Waals surface area contributed by atoms with Gasteiger partial charge in [-0.2, -0.15) is 0 Å². The topological polar surface area (TPSA) is 119 Å². The van der Waals surface area contributed by atoms with Crippen molar-refractivity contribution in [3.63, 3.8) is 0 Å². The molecule has 2 aromatic carbocycles. The van der Waals surface area contributed by atoms with Gasteiger partial charge in [0, 0.05) is 31.1 Å². The van der Waals surface area contributed by atoms with Crippen LogP contribution in [-0.2, 0) is 16.0 Å². The Bertz CT molecular complexity index is 911. The standard InChI is InChI=1S/C22H26N4O3.ClH/c23-18-7-3-1-5-15(18)9-10-20(27)25-19-8-4-2-6-17(19)22(29)26-13-11-16(12-14-26)21(24)28;/h1-8,16H,9-14,23H2,(H2,24,28)(H,25,27);1H. The summed E-state index contributed by atoms with van der Waals surface area (Å²) < 4.78 is 0. The molecule has 5 N–H and O–H groups in total. The number of para-hydroxylation sites is 2. The van der Waals surface area contributed by atoms with Crippen LogP contribution < -0.4 is 16.8 Å². The molecule has 0 aromatic heterocycles. The molecule has 2 aromatic rings. The fourth-order valence-electron chi connectivity index (χ4n) is 3.54. The number of likely N-dealkylation sites (tertiary alicyclic amines) is 1. The van der Waals surface area contributed by atoms with Gasteiger partial charge in [-0.25, -0.2) is 0 Å². The summed E-state index contributed by atoms with van der Waals surface area (Å²) in [4.78, 5) is 38.4. The second-order valence-electron chi connectivity index (χ2n) is 7.26. The Hall–Kier alpha value is -3.06. The molecule has 7 nitrogen and oxygen atoms in total. The fraction of sp³-hybridized carbons (Fsp3) is 0.318. The first-order valence-corrected chi connectivity index (χ1v) is 9.76. The molecule has 8 heteroatoms. The number of anilines is 2. The van der Waals surface area contributed by atoms with Gasteiger partial charge in [-0.3, -0.25) is 14.4 Å². The smallest absolute Gasteiger partial charge is 0.255 e. The predicted octanol–water partition coefficient (Wildman–Crippen LogP) is 2.60. The number of amides is 3.